The normalized spacial score (nSPS) is 11.9. The topological polar surface area (TPSA) is 35.5 Å². The number of esters is 1. The summed E-state index contributed by atoms with van der Waals surface area (Å²) in [7, 11) is 0. The van der Waals surface area contributed by atoms with Crippen molar-refractivity contribution in [2.75, 3.05) is 6.61 Å². The van der Waals surface area contributed by atoms with E-state index in [-0.39, 0.29) is 12.1 Å². The van der Waals surface area contributed by atoms with Crippen LogP contribution in [0.25, 0.3) is 0 Å². The molecule has 0 spiro atoms. The highest BCUT2D eigenvalue weighted by Gasteiger charge is 2.07. The van der Waals surface area contributed by atoms with E-state index in [1.54, 1.807) is 6.92 Å². The van der Waals surface area contributed by atoms with Crippen LogP contribution in [0.15, 0.2) is 30.3 Å². The minimum Gasteiger partial charge on any atom is -0.490 e. The Morgan fingerprint density at radius 1 is 1.33 bits per heavy atom. The quantitative estimate of drug-likeness (QED) is 0.697. The van der Waals surface area contributed by atoms with Crippen LogP contribution in [0, 0.1) is 0 Å². The van der Waals surface area contributed by atoms with E-state index in [0.717, 1.165) is 5.75 Å². The number of hydrogen-bond donors (Lipinski definition) is 0. The summed E-state index contributed by atoms with van der Waals surface area (Å²) in [6, 6.07) is 9.46. The monoisotopic (exact) mass is 208 g/mol. The summed E-state index contributed by atoms with van der Waals surface area (Å²) in [6.45, 7) is 3.97. The number of para-hydroxylation sites is 1. The molecule has 1 atom stereocenters. The van der Waals surface area contributed by atoms with Gasteiger partial charge < -0.3 is 9.47 Å². The highest BCUT2D eigenvalue weighted by molar-refractivity contribution is 5.69. The summed E-state index contributed by atoms with van der Waals surface area (Å²) >= 11 is 0. The fourth-order valence-electron chi connectivity index (χ4n) is 1.07. The third-order valence-electron chi connectivity index (χ3n) is 1.85. The lowest BCUT2D eigenvalue weighted by Crippen LogP contribution is -2.21. The second-order valence-corrected chi connectivity index (χ2v) is 3.28. The molecule has 0 saturated carbocycles. The first-order valence-electron chi connectivity index (χ1n) is 5.09. The van der Waals surface area contributed by atoms with Crippen LogP contribution >= 0.6 is 0 Å². The summed E-state index contributed by atoms with van der Waals surface area (Å²) < 4.78 is 10.5. The molecule has 0 amide bonds. The minimum atomic E-state index is -0.211. The Hall–Kier alpha value is -1.51. The standard InChI is InChI=1S/C12H16O3/c1-3-12(13)15-10(2)9-14-11-7-5-4-6-8-11/h4-8,10H,3,9H2,1-2H3/t10-/m1/s1. The second kappa shape index (κ2) is 6.06. The van der Waals surface area contributed by atoms with Crippen molar-refractivity contribution in [3.8, 4) is 5.75 Å². The van der Waals surface area contributed by atoms with Gasteiger partial charge >= 0.3 is 5.97 Å². The van der Waals surface area contributed by atoms with Gasteiger partial charge in [0.2, 0.25) is 0 Å². The second-order valence-electron chi connectivity index (χ2n) is 3.28. The van der Waals surface area contributed by atoms with Gasteiger partial charge in [0.05, 0.1) is 0 Å². The summed E-state index contributed by atoms with van der Waals surface area (Å²) in [5, 5.41) is 0. The Kier molecular flexibility index (Phi) is 4.68. The largest absolute Gasteiger partial charge is 0.490 e. The molecule has 1 rings (SSSR count). The van der Waals surface area contributed by atoms with E-state index in [4.69, 9.17) is 9.47 Å². The lowest BCUT2D eigenvalue weighted by atomic mass is 10.3. The molecule has 0 bridgehead atoms. The van der Waals surface area contributed by atoms with E-state index in [0.29, 0.717) is 13.0 Å². The zero-order valence-electron chi connectivity index (χ0n) is 9.10. The van der Waals surface area contributed by atoms with E-state index in [2.05, 4.69) is 0 Å². The van der Waals surface area contributed by atoms with Gasteiger partial charge in [-0.25, -0.2) is 0 Å². The maximum Gasteiger partial charge on any atom is 0.305 e. The molecule has 0 fully saturated rings. The van der Waals surface area contributed by atoms with E-state index in [1.165, 1.54) is 0 Å². The third kappa shape index (κ3) is 4.49. The first-order valence-corrected chi connectivity index (χ1v) is 5.09. The van der Waals surface area contributed by atoms with Crippen LogP contribution in [0.4, 0.5) is 0 Å². The Balaban J connectivity index is 2.28. The highest BCUT2D eigenvalue weighted by Crippen LogP contribution is 2.09. The van der Waals surface area contributed by atoms with E-state index in [1.807, 2.05) is 37.3 Å². The predicted molar refractivity (Wildman–Crippen MR) is 57.8 cm³/mol. The first kappa shape index (κ1) is 11.6. The molecule has 3 heteroatoms. The molecule has 0 radical (unpaired) electrons. The van der Waals surface area contributed by atoms with Crippen molar-refractivity contribution in [1.82, 2.24) is 0 Å². The van der Waals surface area contributed by atoms with Crippen molar-refractivity contribution in [3.05, 3.63) is 30.3 Å². The minimum absolute atomic E-state index is 0.195. The smallest absolute Gasteiger partial charge is 0.305 e. The van der Waals surface area contributed by atoms with Crippen LogP contribution in [-0.2, 0) is 9.53 Å². The van der Waals surface area contributed by atoms with Gasteiger partial charge in [-0.05, 0) is 19.1 Å². The van der Waals surface area contributed by atoms with Gasteiger partial charge in [0.1, 0.15) is 18.5 Å². The van der Waals surface area contributed by atoms with Crippen molar-refractivity contribution in [3.63, 3.8) is 0 Å². The summed E-state index contributed by atoms with van der Waals surface area (Å²) in [6.07, 6.45) is 0.188. The SMILES string of the molecule is CCC(=O)O[C@H](C)COc1ccccc1. The summed E-state index contributed by atoms with van der Waals surface area (Å²) in [4.78, 5) is 11.0. The number of ether oxygens (including phenoxy) is 2. The van der Waals surface area contributed by atoms with Crippen molar-refractivity contribution >= 4 is 5.97 Å². The number of carbonyl (C=O) groups excluding carboxylic acids is 1. The van der Waals surface area contributed by atoms with Crippen LogP contribution in [0.2, 0.25) is 0 Å². The number of benzene rings is 1. The van der Waals surface area contributed by atoms with Gasteiger partial charge in [-0.2, -0.15) is 0 Å². The van der Waals surface area contributed by atoms with Crippen LogP contribution < -0.4 is 4.74 Å². The molecular formula is C12H16O3. The zero-order chi connectivity index (χ0) is 11.1. The van der Waals surface area contributed by atoms with Gasteiger partial charge in [-0.1, -0.05) is 25.1 Å². The summed E-state index contributed by atoms with van der Waals surface area (Å²) in [5.41, 5.74) is 0. The molecule has 0 aliphatic heterocycles. The lowest BCUT2D eigenvalue weighted by Gasteiger charge is -2.13. The zero-order valence-corrected chi connectivity index (χ0v) is 9.10. The van der Waals surface area contributed by atoms with Gasteiger partial charge in [0.25, 0.3) is 0 Å². The average Bonchev–Trinajstić information content (AvgIpc) is 2.27. The Morgan fingerprint density at radius 2 is 2.00 bits per heavy atom. The number of rotatable bonds is 5. The maximum atomic E-state index is 11.0. The Bertz CT molecular complexity index is 295. The molecule has 0 heterocycles. The molecule has 0 N–H and O–H groups in total. The molecule has 0 aliphatic rings. The van der Waals surface area contributed by atoms with Crippen molar-refractivity contribution in [2.45, 2.75) is 26.4 Å². The van der Waals surface area contributed by atoms with Crippen LogP contribution in [0.3, 0.4) is 0 Å². The molecule has 15 heavy (non-hydrogen) atoms. The molecule has 1 aromatic carbocycles. The molecule has 0 saturated heterocycles. The number of carbonyl (C=O) groups is 1. The highest BCUT2D eigenvalue weighted by atomic mass is 16.6. The van der Waals surface area contributed by atoms with Crippen molar-refractivity contribution in [1.29, 1.82) is 0 Å². The van der Waals surface area contributed by atoms with Gasteiger partial charge in [-0.3, -0.25) is 4.79 Å². The third-order valence-corrected chi connectivity index (χ3v) is 1.85. The molecule has 0 aromatic heterocycles. The molecule has 1 aromatic rings. The first-order chi connectivity index (χ1) is 7.22. The van der Waals surface area contributed by atoms with Gasteiger partial charge in [0.15, 0.2) is 0 Å². The maximum absolute atomic E-state index is 11.0. The van der Waals surface area contributed by atoms with E-state index >= 15 is 0 Å². The number of hydrogen-bond acceptors (Lipinski definition) is 3. The Labute approximate surface area is 90.0 Å². The van der Waals surface area contributed by atoms with Crippen LogP contribution in [0.5, 0.6) is 5.75 Å². The van der Waals surface area contributed by atoms with Crippen molar-refractivity contribution < 1.29 is 14.3 Å². The predicted octanol–water partition coefficient (Wildman–Crippen LogP) is 2.41. The average molecular weight is 208 g/mol. The molecule has 0 aliphatic carbocycles. The molecular weight excluding hydrogens is 192 g/mol. The molecule has 0 unspecified atom stereocenters. The van der Waals surface area contributed by atoms with E-state index < -0.39 is 0 Å². The van der Waals surface area contributed by atoms with Crippen molar-refractivity contribution in [2.24, 2.45) is 0 Å². The fourth-order valence-corrected chi connectivity index (χ4v) is 1.07. The van der Waals surface area contributed by atoms with Crippen LogP contribution in [0.1, 0.15) is 20.3 Å². The van der Waals surface area contributed by atoms with Gasteiger partial charge in [0, 0.05) is 6.42 Å². The van der Waals surface area contributed by atoms with Crippen LogP contribution in [-0.4, -0.2) is 18.7 Å². The lowest BCUT2D eigenvalue weighted by molar-refractivity contribution is -0.149. The molecule has 82 valence electrons. The Morgan fingerprint density at radius 3 is 2.60 bits per heavy atom. The fraction of sp³-hybridized carbons (Fsp3) is 0.417. The van der Waals surface area contributed by atoms with Gasteiger partial charge in [-0.15, -0.1) is 0 Å². The molecule has 3 nitrogen and oxygen atoms in total. The van der Waals surface area contributed by atoms with E-state index in [9.17, 15) is 4.79 Å². The summed E-state index contributed by atoms with van der Waals surface area (Å²) in [5.74, 6) is 0.594.